The smallest absolute Gasteiger partial charge is 0.201 e. The number of nitrogens with zero attached hydrogens (tertiary/aromatic N) is 2. The molecule has 0 amide bonds. The van der Waals surface area contributed by atoms with Gasteiger partial charge in [-0.1, -0.05) is 0 Å². The molecule has 1 aliphatic rings. The molecule has 2 N–H and O–H groups in total. The van der Waals surface area contributed by atoms with Crippen LogP contribution in [0.5, 0.6) is 0 Å². The number of anilines is 1. The highest BCUT2D eigenvalue weighted by molar-refractivity contribution is 7.85. The number of rotatable bonds is 1. The first-order chi connectivity index (χ1) is 9.06. The Morgan fingerprint density at radius 1 is 1.32 bits per heavy atom. The van der Waals surface area contributed by atoms with E-state index in [9.17, 15) is 13.0 Å². The molecule has 3 rings (SSSR count). The van der Waals surface area contributed by atoms with Crippen molar-refractivity contribution in [1.29, 1.82) is 0 Å². The molecule has 19 heavy (non-hydrogen) atoms. The Bertz CT molecular complexity index is 661. The lowest BCUT2D eigenvalue weighted by atomic mass is 10.1. The molecule has 1 fully saturated rings. The third kappa shape index (κ3) is 2.11. The maximum Gasteiger partial charge on any atom is 0.201 e. The van der Waals surface area contributed by atoms with Gasteiger partial charge in [-0.25, -0.2) is 13.8 Å². The number of aromatic nitrogens is 2. The second-order valence-electron chi connectivity index (χ2n) is 4.67. The average Bonchev–Trinajstić information content (AvgIpc) is 2.67. The molecule has 1 aliphatic heterocycles. The van der Waals surface area contributed by atoms with Gasteiger partial charge >= 0.3 is 0 Å². The third-order valence-corrected chi connectivity index (χ3v) is 4.85. The first-order valence-corrected chi connectivity index (χ1v) is 7.52. The molecule has 4 nitrogen and oxygen atoms in total. The van der Waals surface area contributed by atoms with Gasteiger partial charge in [-0.15, -0.1) is 0 Å². The summed E-state index contributed by atoms with van der Waals surface area (Å²) in [5.74, 6) is -0.00839. The monoisotopic (exact) mass is 285 g/mol. The Hall–Kier alpha value is -1.50. The van der Waals surface area contributed by atoms with Crippen LogP contribution in [0.15, 0.2) is 12.1 Å². The van der Waals surface area contributed by atoms with Gasteiger partial charge in [-0.05, 0) is 12.8 Å². The van der Waals surface area contributed by atoms with Gasteiger partial charge in [0.05, 0.1) is 5.52 Å². The molecular formula is C12H13F2N3OS. The Balaban J connectivity index is 2.12. The van der Waals surface area contributed by atoms with Crippen molar-refractivity contribution in [2.45, 2.75) is 18.9 Å². The van der Waals surface area contributed by atoms with Crippen molar-refractivity contribution in [3.8, 4) is 0 Å². The maximum atomic E-state index is 13.6. The quantitative estimate of drug-likeness (QED) is 0.871. The fourth-order valence-corrected chi connectivity index (χ4v) is 3.84. The summed E-state index contributed by atoms with van der Waals surface area (Å²) in [4.78, 5) is 3.97. The molecular weight excluding hydrogens is 272 g/mol. The van der Waals surface area contributed by atoms with E-state index in [0.717, 1.165) is 6.07 Å². The number of fused-ring (bicyclic) bond motifs is 1. The lowest BCUT2D eigenvalue weighted by molar-refractivity contribution is 0.477. The van der Waals surface area contributed by atoms with Crippen molar-refractivity contribution >= 4 is 27.8 Å². The Labute approximate surface area is 111 Å². The zero-order valence-electron chi connectivity index (χ0n) is 10.1. The lowest BCUT2D eigenvalue weighted by Gasteiger charge is -2.24. The third-order valence-electron chi connectivity index (χ3n) is 3.46. The van der Waals surface area contributed by atoms with Crippen molar-refractivity contribution in [3.05, 3.63) is 23.8 Å². The molecule has 2 heterocycles. The van der Waals surface area contributed by atoms with Gasteiger partial charge in [0, 0.05) is 40.5 Å². The van der Waals surface area contributed by atoms with E-state index in [0.29, 0.717) is 29.9 Å². The second-order valence-corrected chi connectivity index (χ2v) is 6.37. The number of imidazole rings is 1. The molecule has 102 valence electrons. The number of nitrogens with two attached hydrogens (primary N) is 1. The van der Waals surface area contributed by atoms with Crippen LogP contribution < -0.4 is 5.73 Å². The van der Waals surface area contributed by atoms with Crippen molar-refractivity contribution in [2.24, 2.45) is 0 Å². The molecule has 1 aromatic carbocycles. The van der Waals surface area contributed by atoms with Crippen molar-refractivity contribution in [1.82, 2.24) is 9.55 Å². The van der Waals surface area contributed by atoms with Gasteiger partial charge in [0.1, 0.15) is 11.3 Å². The summed E-state index contributed by atoms with van der Waals surface area (Å²) in [7, 11) is -0.794. The van der Waals surface area contributed by atoms with E-state index in [1.54, 1.807) is 4.57 Å². The van der Waals surface area contributed by atoms with Crippen molar-refractivity contribution < 1.29 is 13.0 Å². The van der Waals surface area contributed by atoms with E-state index >= 15 is 0 Å². The molecule has 0 unspecified atom stereocenters. The van der Waals surface area contributed by atoms with E-state index < -0.39 is 22.4 Å². The molecule has 0 bridgehead atoms. The standard InChI is InChI=1S/C12H13F2N3OS/c13-7-5-9(14)11-10(6-7)17(12(15)16-11)8-1-3-19(18)4-2-8/h5-6,8H,1-4H2,(H2,15,16). The predicted molar refractivity (Wildman–Crippen MR) is 70.2 cm³/mol. The molecule has 0 radical (unpaired) electrons. The van der Waals surface area contributed by atoms with E-state index in [4.69, 9.17) is 5.73 Å². The van der Waals surface area contributed by atoms with Crippen LogP contribution in [0, 0.1) is 11.6 Å². The van der Waals surface area contributed by atoms with Gasteiger partial charge in [-0.3, -0.25) is 4.21 Å². The van der Waals surface area contributed by atoms with Crippen LogP contribution in [0.3, 0.4) is 0 Å². The van der Waals surface area contributed by atoms with Gasteiger partial charge < -0.3 is 10.3 Å². The number of nitrogen functional groups attached to an aromatic ring is 1. The van der Waals surface area contributed by atoms with Crippen LogP contribution in [-0.2, 0) is 10.8 Å². The summed E-state index contributed by atoms with van der Waals surface area (Å²) in [6.07, 6.45) is 1.36. The SMILES string of the molecule is Nc1nc2c(F)cc(F)cc2n1C1CCS(=O)CC1. The van der Waals surface area contributed by atoms with Crippen molar-refractivity contribution in [2.75, 3.05) is 17.2 Å². The highest BCUT2D eigenvalue weighted by Gasteiger charge is 2.24. The summed E-state index contributed by atoms with van der Waals surface area (Å²) in [6, 6.07) is 2.05. The van der Waals surface area contributed by atoms with Crippen LogP contribution in [0.25, 0.3) is 11.0 Å². The summed E-state index contributed by atoms with van der Waals surface area (Å²) < 4.78 is 40.0. The molecule has 0 atom stereocenters. The first-order valence-electron chi connectivity index (χ1n) is 6.03. The predicted octanol–water partition coefficient (Wildman–Crippen LogP) is 1.98. The summed E-state index contributed by atoms with van der Waals surface area (Å²) in [5.41, 5.74) is 6.28. The molecule has 0 saturated carbocycles. The van der Waals surface area contributed by atoms with E-state index in [2.05, 4.69) is 4.98 Å². The minimum atomic E-state index is -0.794. The molecule has 7 heteroatoms. The highest BCUT2D eigenvalue weighted by Crippen LogP contribution is 2.31. The van der Waals surface area contributed by atoms with Gasteiger partial charge in [0.2, 0.25) is 5.95 Å². The molecule has 0 spiro atoms. The molecule has 1 aromatic heterocycles. The number of hydrogen-bond donors (Lipinski definition) is 1. The maximum absolute atomic E-state index is 13.6. The number of benzene rings is 1. The highest BCUT2D eigenvalue weighted by atomic mass is 32.2. The van der Waals surface area contributed by atoms with Crippen molar-refractivity contribution in [3.63, 3.8) is 0 Å². The fraction of sp³-hybridized carbons (Fsp3) is 0.417. The molecule has 0 aliphatic carbocycles. The van der Waals surface area contributed by atoms with Crippen LogP contribution >= 0.6 is 0 Å². The zero-order chi connectivity index (χ0) is 13.6. The average molecular weight is 285 g/mol. The Morgan fingerprint density at radius 3 is 2.68 bits per heavy atom. The summed E-state index contributed by atoms with van der Waals surface area (Å²) in [5, 5.41) is 0. The fourth-order valence-electron chi connectivity index (χ4n) is 2.56. The minimum Gasteiger partial charge on any atom is -0.369 e. The lowest BCUT2D eigenvalue weighted by Crippen LogP contribution is -2.22. The zero-order valence-corrected chi connectivity index (χ0v) is 10.9. The van der Waals surface area contributed by atoms with Crippen LogP contribution in [-0.4, -0.2) is 25.3 Å². The molecule has 2 aromatic rings. The van der Waals surface area contributed by atoms with E-state index in [-0.39, 0.29) is 17.5 Å². The van der Waals surface area contributed by atoms with Gasteiger partial charge in [-0.2, -0.15) is 0 Å². The Morgan fingerprint density at radius 2 is 2.00 bits per heavy atom. The van der Waals surface area contributed by atoms with Gasteiger partial charge in [0.15, 0.2) is 5.82 Å². The normalized spacial score (nSPS) is 23.9. The summed E-state index contributed by atoms with van der Waals surface area (Å²) >= 11 is 0. The van der Waals surface area contributed by atoms with Crippen LogP contribution in [0.4, 0.5) is 14.7 Å². The number of hydrogen-bond acceptors (Lipinski definition) is 3. The van der Waals surface area contributed by atoms with E-state index in [1.807, 2.05) is 0 Å². The Kier molecular flexibility index (Phi) is 3.00. The largest absolute Gasteiger partial charge is 0.369 e. The second kappa shape index (κ2) is 4.56. The molecule has 1 saturated heterocycles. The topological polar surface area (TPSA) is 60.9 Å². The first kappa shape index (κ1) is 12.5. The summed E-state index contributed by atoms with van der Waals surface area (Å²) in [6.45, 7) is 0. The minimum absolute atomic E-state index is 0.00361. The van der Waals surface area contributed by atoms with Crippen LogP contribution in [0.2, 0.25) is 0 Å². The van der Waals surface area contributed by atoms with Gasteiger partial charge in [0.25, 0.3) is 0 Å². The van der Waals surface area contributed by atoms with Crippen LogP contribution in [0.1, 0.15) is 18.9 Å². The number of halogens is 2. The van der Waals surface area contributed by atoms with E-state index in [1.165, 1.54) is 6.07 Å².